The minimum Gasteiger partial charge on any atom is -0.394 e. The molecule has 3 N–H and O–H groups in total. The third-order valence-corrected chi connectivity index (χ3v) is 1.95. The zero-order valence-electron chi connectivity index (χ0n) is 7.94. The summed E-state index contributed by atoms with van der Waals surface area (Å²) in [5.41, 5.74) is -1.22. The molecular weight excluding hydrogens is 188 g/mol. The summed E-state index contributed by atoms with van der Waals surface area (Å²) >= 11 is 0. The normalized spacial score (nSPS) is 12.5. The molecule has 0 saturated heterocycles. The van der Waals surface area contributed by atoms with Crippen LogP contribution in [-0.4, -0.2) is 40.0 Å². The zero-order valence-corrected chi connectivity index (χ0v) is 7.94. The molecule has 1 atom stereocenters. The molecular formula is C7H12N4O3. The molecule has 1 aromatic heterocycles. The van der Waals surface area contributed by atoms with Gasteiger partial charge in [-0.05, 0) is 6.92 Å². The molecule has 0 amide bonds. The van der Waals surface area contributed by atoms with E-state index in [1.807, 2.05) is 4.98 Å². The SMILES string of the molecule is CC(CO)N(C)c1n[nH]c(=O)[nH]c1=O. The van der Waals surface area contributed by atoms with Crippen LogP contribution in [0.4, 0.5) is 5.82 Å². The average molecular weight is 200 g/mol. The average Bonchev–Trinajstić information content (AvgIpc) is 2.15. The summed E-state index contributed by atoms with van der Waals surface area (Å²) in [6, 6.07) is -0.241. The molecule has 0 radical (unpaired) electrons. The van der Waals surface area contributed by atoms with E-state index < -0.39 is 11.2 Å². The molecule has 0 aliphatic carbocycles. The fraction of sp³-hybridized carbons (Fsp3) is 0.571. The first-order valence-corrected chi connectivity index (χ1v) is 4.09. The highest BCUT2D eigenvalue weighted by Crippen LogP contribution is 2.02. The fourth-order valence-corrected chi connectivity index (χ4v) is 0.912. The van der Waals surface area contributed by atoms with Crippen LogP contribution in [0.2, 0.25) is 0 Å². The molecule has 0 fully saturated rings. The number of nitrogens with one attached hydrogen (secondary N) is 2. The van der Waals surface area contributed by atoms with Crippen molar-refractivity contribution in [3.63, 3.8) is 0 Å². The molecule has 1 unspecified atom stereocenters. The number of anilines is 1. The first-order chi connectivity index (χ1) is 6.56. The highest BCUT2D eigenvalue weighted by molar-refractivity contribution is 5.33. The van der Waals surface area contributed by atoms with Crippen molar-refractivity contribution in [2.75, 3.05) is 18.6 Å². The summed E-state index contributed by atoms with van der Waals surface area (Å²) in [4.78, 5) is 25.4. The molecule has 7 nitrogen and oxygen atoms in total. The third-order valence-electron chi connectivity index (χ3n) is 1.95. The van der Waals surface area contributed by atoms with E-state index in [1.165, 1.54) is 4.90 Å². The smallest absolute Gasteiger partial charge is 0.342 e. The minimum absolute atomic E-state index is 0.0751. The Morgan fingerprint density at radius 1 is 1.57 bits per heavy atom. The van der Waals surface area contributed by atoms with Crippen LogP contribution in [0.25, 0.3) is 0 Å². The molecule has 0 spiro atoms. The lowest BCUT2D eigenvalue weighted by atomic mass is 10.3. The fourth-order valence-electron chi connectivity index (χ4n) is 0.912. The van der Waals surface area contributed by atoms with Crippen LogP contribution in [-0.2, 0) is 0 Å². The standard InChI is InChI=1S/C7H12N4O3/c1-4(3-12)11(2)5-6(13)8-7(14)10-9-5/h4,12H,3H2,1-2H3,(H2,8,10,13,14). The van der Waals surface area contributed by atoms with Gasteiger partial charge in [-0.2, -0.15) is 0 Å². The van der Waals surface area contributed by atoms with Gasteiger partial charge in [-0.25, -0.2) is 9.89 Å². The number of H-pyrrole nitrogens is 2. The van der Waals surface area contributed by atoms with Gasteiger partial charge in [0.1, 0.15) is 0 Å². The molecule has 0 bridgehead atoms. The van der Waals surface area contributed by atoms with Crippen LogP contribution < -0.4 is 16.1 Å². The molecule has 7 heteroatoms. The summed E-state index contributed by atoms with van der Waals surface area (Å²) in [6.07, 6.45) is 0. The van der Waals surface area contributed by atoms with Gasteiger partial charge in [0.25, 0.3) is 5.56 Å². The number of aliphatic hydroxyl groups excluding tert-OH is 1. The van der Waals surface area contributed by atoms with Crippen LogP contribution in [0.15, 0.2) is 9.59 Å². The maximum absolute atomic E-state index is 11.2. The van der Waals surface area contributed by atoms with Crippen molar-refractivity contribution < 1.29 is 5.11 Å². The van der Waals surface area contributed by atoms with Gasteiger partial charge in [0.15, 0.2) is 0 Å². The molecule has 0 aliphatic rings. The van der Waals surface area contributed by atoms with Crippen molar-refractivity contribution in [1.82, 2.24) is 15.2 Å². The van der Waals surface area contributed by atoms with Gasteiger partial charge >= 0.3 is 5.69 Å². The molecule has 1 rings (SSSR count). The Morgan fingerprint density at radius 2 is 2.21 bits per heavy atom. The lowest BCUT2D eigenvalue weighted by molar-refractivity contribution is 0.269. The Labute approximate surface area is 79.4 Å². The van der Waals surface area contributed by atoms with Crippen LogP contribution in [0.3, 0.4) is 0 Å². The monoisotopic (exact) mass is 200 g/mol. The second-order valence-corrected chi connectivity index (χ2v) is 2.97. The Bertz CT molecular complexity index is 410. The van der Waals surface area contributed by atoms with Crippen molar-refractivity contribution >= 4 is 5.82 Å². The number of rotatable bonds is 3. The summed E-state index contributed by atoms with van der Waals surface area (Å²) in [6.45, 7) is 1.63. The van der Waals surface area contributed by atoms with E-state index in [0.717, 1.165) is 0 Å². The third kappa shape index (κ3) is 1.99. The molecule has 14 heavy (non-hydrogen) atoms. The number of aliphatic hydroxyl groups is 1. The predicted molar refractivity (Wildman–Crippen MR) is 50.4 cm³/mol. The predicted octanol–water partition coefficient (Wildman–Crippen LogP) is -1.72. The van der Waals surface area contributed by atoms with Crippen LogP contribution >= 0.6 is 0 Å². The van der Waals surface area contributed by atoms with Crippen molar-refractivity contribution in [3.8, 4) is 0 Å². The second-order valence-electron chi connectivity index (χ2n) is 2.97. The first-order valence-electron chi connectivity index (χ1n) is 4.09. The van der Waals surface area contributed by atoms with Gasteiger partial charge in [0.05, 0.1) is 12.6 Å². The van der Waals surface area contributed by atoms with Crippen LogP contribution in [0, 0.1) is 0 Å². The lowest BCUT2D eigenvalue weighted by Crippen LogP contribution is -2.38. The highest BCUT2D eigenvalue weighted by atomic mass is 16.3. The quantitative estimate of drug-likeness (QED) is 0.538. The minimum atomic E-state index is -0.649. The van der Waals surface area contributed by atoms with Gasteiger partial charge in [0, 0.05) is 7.05 Å². The van der Waals surface area contributed by atoms with E-state index in [-0.39, 0.29) is 18.5 Å². The van der Waals surface area contributed by atoms with Crippen LogP contribution in [0.5, 0.6) is 0 Å². The van der Waals surface area contributed by atoms with E-state index in [4.69, 9.17) is 5.11 Å². The van der Waals surface area contributed by atoms with Crippen LogP contribution in [0.1, 0.15) is 6.92 Å². The second kappa shape index (κ2) is 4.05. The van der Waals surface area contributed by atoms with Gasteiger partial charge in [-0.15, -0.1) is 5.10 Å². The van der Waals surface area contributed by atoms with Gasteiger partial charge in [-0.1, -0.05) is 0 Å². The molecule has 1 aromatic rings. The Balaban J connectivity index is 3.08. The van der Waals surface area contributed by atoms with Crippen molar-refractivity contribution in [3.05, 3.63) is 20.8 Å². The Hall–Kier alpha value is -1.63. The number of aromatic amines is 2. The lowest BCUT2D eigenvalue weighted by Gasteiger charge is -2.22. The summed E-state index contributed by atoms with van der Waals surface area (Å²) in [5, 5.41) is 14.6. The van der Waals surface area contributed by atoms with Gasteiger partial charge in [0.2, 0.25) is 5.82 Å². The number of hydrogen-bond acceptors (Lipinski definition) is 5. The van der Waals surface area contributed by atoms with E-state index >= 15 is 0 Å². The molecule has 1 heterocycles. The van der Waals surface area contributed by atoms with Gasteiger partial charge < -0.3 is 10.0 Å². The Morgan fingerprint density at radius 3 is 2.71 bits per heavy atom. The van der Waals surface area contributed by atoms with E-state index in [2.05, 4.69) is 10.2 Å². The van der Waals surface area contributed by atoms with Crippen molar-refractivity contribution in [2.24, 2.45) is 0 Å². The van der Waals surface area contributed by atoms with E-state index in [0.29, 0.717) is 0 Å². The summed E-state index contributed by atoms with van der Waals surface area (Å²) in [5.74, 6) is 0.0751. The molecule has 0 aliphatic heterocycles. The first kappa shape index (κ1) is 10.5. The van der Waals surface area contributed by atoms with Gasteiger partial charge in [-0.3, -0.25) is 9.78 Å². The number of nitrogens with zero attached hydrogens (tertiary/aromatic N) is 2. The topological polar surface area (TPSA) is 102 Å². The number of hydrogen-bond donors (Lipinski definition) is 3. The van der Waals surface area contributed by atoms with E-state index in [1.54, 1.807) is 14.0 Å². The van der Waals surface area contributed by atoms with Crippen molar-refractivity contribution in [2.45, 2.75) is 13.0 Å². The maximum Gasteiger partial charge on any atom is 0.342 e. The Kier molecular flexibility index (Phi) is 3.03. The maximum atomic E-state index is 11.2. The number of likely N-dealkylation sites (N-methyl/N-ethyl adjacent to an activating group) is 1. The molecule has 78 valence electrons. The summed E-state index contributed by atoms with van der Waals surface area (Å²) < 4.78 is 0. The van der Waals surface area contributed by atoms with Crippen molar-refractivity contribution in [1.29, 1.82) is 0 Å². The highest BCUT2D eigenvalue weighted by Gasteiger charge is 2.13. The zero-order chi connectivity index (χ0) is 10.7. The molecule has 0 aromatic carbocycles. The van der Waals surface area contributed by atoms with E-state index in [9.17, 15) is 9.59 Å². The number of aromatic nitrogens is 3. The summed E-state index contributed by atoms with van der Waals surface area (Å²) in [7, 11) is 1.61. The largest absolute Gasteiger partial charge is 0.394 e. The molecule has 0 saturated carbocycles.